The fraction of sp³-hybridized carbons (Fsp3) is 0.0204. The summed E-state index contributed by atoms with van der Waals surface area (Å²) in [6, 6.07) is 50.2. The van der Waals surface area contributed by atoms with Gasteiger partial charge < -0.3 is 9.13 Å². The van der Waals surface area contributed by atoms with Crippen LogP contribution in [-0.4, -0.2) is 24.1 Å². The van der Waals surface area contributed by atoms with E-state index in [1.807, 2.05) is 60.9 Å². The highest BCUT2D eigenvalue weighted by Crippen LogP contribution is 2.62. The van der Waals surface area contributed by atoms with E-state index in [0.717, 1.165) is 98.4 Å². The molecule has 8 nitrogen and oxygen atoms in total. The Kier molecular flexibility index (Phi) is 6.53. The second-order valence-corrected chi connectivity index (χ2v) is 15.7. The van der Waals surface area contributed by atoms with Gasteiger partial charge in [0.15, 0.2) is 0 Å². The Morgan fingerprint density at radius 1 is 0.448 bits per heavy atom. The third-order valence-corrected chi connectivity index (χ3v) is 12.9. The van der Waals surface area contributed by atoms with Crippen LogP contribution >= 0.6 is 11.8 Å². The predicted octanol–water partition coefficient (Wildman–Crippen LogP) is 10.5. The smallest absolute Gasteiger partial charge is 0.141 e. The number of nitrogens with zero attached hydrogens (tertiary/aromatic N) is 8. The number of aromatic nitrogens is 5. The molecule has 0 fully saturated rings. The van der Waals surface area contributed by atoms with Gasteiger partial charge in [0, 0.05) is 42.5 Å². The molecule has 9 heteroatoms. The fourth-order valence-corrected chi connectivity index (χ4v) is 10.7. The summed E-state index contributed by atoms with van der Waals surface area (Å²) in [4.78, 5) is 17.4. The maximum absolute atomic E-state index is 9.84. The number of hydrogen-bond donors (Lipinski definition) is 0. The van der Waals surface area contributed by atoms with Crippen LogP contribution < -0.4 is 0 Å². The Labute approximate surface area is 335 Å². The Morgan fingerprint density at radius 3 is 1.57 bits per heavy atom. The average Bonchev–Trinajstić information content (AvgIpc) is 3.89. The van der Waals surface area contributed by atoms with Crippen LogP contribution in [0.3, 0.4) is 0 Å². The van der Waals surface area contributed by atoms with Crippen LogP contribution in [0.1, 0.15) is 39.1 Å². The first-order chi connectivity index (χ1) is 28.6. The van der Waals surface area contributed by atoms with Crippen LogP contribution in [-0.2, 0) is 5.41 Å². The second-order valence-electron chi connectivity index (χ2n) is 14.6. The van der Waals surface area contributed by atoms with Crippen molar-refractivity contribution in [3.8, 4) is 41.0 Å². The molecule has 0 N–H and O–H groups in total. The molecule has 0 saturated carbocycles. The van der Waals surface area contributed by atoms with Gasteiger partial charge >= 0.3 is 0 Å². The van der Waals surface area contributed by atoms with Gasteiger partial charge in [-0.3, -0.25) is 9.97 Å². The molecule has 0 bridgehead atoms. The lowest BCUT2D eigenvalue weighted by molar-refractivity contribution is 0.718. The molecular weight excluding hydrogens is 733 g/mol. The lowest BCUT2D eigenvalue weighted by atomic mass is 9.67. The topological polar surface area (TPSA) is 120 Å². The minimum Gasteiger partial charge on any atom is -0.308 e. The van der Waals surface area contributed by atoms with Gasteiger partial charge in [0.2, 0.25) is 0 Å². The van der Waals surface area contributed by atoms with Crippen molar-refractivity contribution in [1.29, 1.82) is 15.8 Å². The molecule has 0 amide bonds. The molecule has 5 aromatic carbocycles. The van der Waals surface area contributed by atoms with Crippen molar-refractivity contribution in [3.63, 3.8) is 0 Å². The van der Waals surface area contributed by atoms with Crippen molar-refractivity contribution >= 4 is 55.4 Å². The van der Waals surface area contributed by atoms with Crippen LogP contribution in [0, 0.1) is 34.0 Å². The number of para-hydroxylation sites is 1. The van der Waals surface area contributed by atoms with Gasteiger partial charge in [-0.25, -0.2) is 4.98 Å². The SMILES string of the molecule is N#Cc1ccc2c(c1)c1ccccc1n2-c1cnc2c(c1)C1(c3ccccc3Sc3ccccc31)c1cc(-n3c4ccc(C#N)cc4c4cc(C#N)ncc43)cnc1-2. The third-order valence-electron chi connectivity index (χ3n) is 11.8. The highest BCUT2D eigenvalue weighted by Gasteiger charge is 2.52. The molecule has 0 atom stereocenters. The molecule has 58 heavy (non-hydrogen) atoms. The van der Waals surface area contributed by atoms with E-state index in [1.54, 1.807) is 24.0 Å². The Bertz CT molecular complexity index is 3490. The zero-order valence-corrected chi connectivity index (χ0v) is 31.2. The van der Waals surface area contributed by atoms with E-state index in [9.17, 15) is 15.8 Å². The minimum atomic E-state index is -0.791. The van der Waals surface area contributed by atoms with E-state index in [1.165, 1.54) is 0 Å². The van der Waals surface area contributed by atoms with Crippen LogP contribution in [0.2, 0.25) is 0 Å². The van der Waals surface area contributed by atoms with Crippen molar-refractivity contribution < 1.29 is 0 Å². The zero-order valence-electron chi connectivity index (χ0n) is 30.3. The van der Waals surface area contributed by atoms with Gasteiger partial charge in [0.1, 0.15) is 11.8 Å². The van der Waals surface area contributed by atoms with E-state index in [2.05, 4.69) is 105 Å². The fourth-order valence-electron chi connectivity index (χ4n) is 9.47. The summed E-state index contributed by atoms with van der Waals surface area (Å²) in [6.45, 7) is 0. The van der Waals surface area contributed by atoms with Gasteiger partial charge in [-0.2, -0.15) is 15.8 Å². The van der Waals surface area contributed by atoms with Gasteiger partial charge in [-0.1, -0.05) is 66.4 Å². The van der Waals surface area contributed by atoms with Crippen molar-refractivity contribution in [2.45, 2.75) is 15.2 Å². The van der Waals surface area contributed by atoms with Gasteiger partial charge in [0.25, 0.3) is 0 Å². The summed E-state index contributed by atoms with van der Waals surface area (Å²) in [5, 5.41) is 33.2. The Morgan fingerprint density at radius 2 is 0.966 bits per heavy atom. The Balaban J connectivity index is 1.18. The van der Waals surface area contributed by atoms with Crippen molar-refractivity contribution in [2.24, 2.45) is 0 Å². The van der Waals surface area contributed by atoms with Gasteiger partial charge in [-0.05, 0) is 83.9 Å². The average molecular weight is 757 g/mol. The quantitative estimate of drug-likeness (QED) is 0.172. The molecule has 0 radical (unpaired) electrons. The van der Waals surface area contributed by atoms with E-state index in [0.29, 0.717) is 16.8 Å². The molecule has 1 spiro atoms. The van der Waals surface area contributed by atoms with Crippen LogP contribution in [0.25, 0.3) is 66.4 Å². The molecular formula is C49H24N8S. The summed E-state index contributed by atoms with van der Waals surface area (Å²) in [5.74, 6) is 0. The maximum atomic E-state index is 9.84. The van der Waals surface area contributed by atoms with Crippen molar-refractivity contribution in [3.05, 3.63) is 185 Å². The maximum Gasteiger partial charge on any atom is 0.141 e. The molecule has 12 rings (SSSR count). The molecule has 2 aliphatic rings. The highest BCUT2D eigenvalue weighted by molar-refractivity contribution is 7.99. The van der Waals surface area contributed by atoms with E-state index < -0.39 is 5.41 Å². The number of pyridine rings is 3. The van der Waals surface area contributed by atoms with E-state index in [4.69, 9.17) is 9.97 Å². The number of nitriles is 3. The first-order valence-electron chi connectivity index (χ1n) is 18.7. The largest absolute Gasteiger partial charge is 0.308 e. The van der Waals surface area contributed by atoms with Crippen LogP contribution in [0.4, 0.5) is 0 Å². The summed E-state index contributed by atoms with van der Waals surface area (Å²) in [7, 11) is 0. The molecule has 0 saturated heterocycles. The summed E-state index contributed by atoms with van der Waals surface area (Å²) >= 11 is 1.78. The number of fused-ring (bicyclic) bond motifs is 15. The summed E-state index contributed by atoms with van der Waals surface area (Å²) in [6.07, 6.45) is 5.56. The highest BCUT2D eigenvalue weighted by atomic mass is 32.2. The number of benzene rings is 5. The molecule has 6 heterocycles. The Hall–Kier alpha value is -8.03. The molecule has 0 unspecified atom stereocenters. The van der Waals surface area contributed by atoms with E-state index >= 15 is 0 Å². The first-order valence-corrected chi connectivity index (χ1v) is 19.5. The lowest BCUT2D eigenvalue weighted by Gasteiger charge is -2.39. The lowest BCUT2D eigenvalue weighted by Crippen LogP contribution is -2.32. The molecule has 5 aromatic heterocycles. The van der Waals surface area contributed by atoms with Crippen LogP contribution in [0.5, 0.6) is 0 Å². The van der Waals surface area contributed by atoms with Crippen LogP contribution in [0.15, 0.2) is 156 Å². The summed E-state index contributed by atoms with van der Waals surface area (Å²) < 4.78 is 4.38. The van der Waals surface area contributed by atoms with Crippen molar-refractivity contribution in [2.75, 3.05) is 0 Å². The standard InChI is InChI=1S/C49H24N8S/c50-22-28-13-15-42-34(17-28)33-7-1-4-10-41(33)56(42)31-20-39-47(54-25-31)48-40(49(39)37-8-2-5-11-45(37)58-46-12-6-3-9-38(46)49)21-32(26-55-48)57-43-16-14-29(23-51)18-35(43)36-19-30(24-52)53-27-44(36)57/h1-21,25-27H. The van der Waals surface area contributed by atoms with Gasteiger partial charge in [-0.15, -0.1) is 0 Å². The molecule has 1 aliphatic carbocycles. The molecule has 266 valence electrons. The van der Waals surface area contributed by atoms with Gasteiger partial charge in [0.05, 0.1) is 92.1 Å². The predicted molar refractivity (Wildman–Crippen MR) is 224 cm³/mol. The molecule has 10 aromatic rings. The monoisotopic (exact) mass is 756 g/mol. The number of rotatable bonds is 2. The summed E-state index contributed by atoms with van der Waals surface area (Å²) in [5.41, 5.74) is 12.1. The normalized spacial score (nSPS) is 13.2. The first kappa shape index (κ1) is 32.2. The van der Waals surface area contributed by atoms with Crippen molar-refractivity contribution in [1.82, 2.24) is 24.1 Å². The van der Waals surface area contributed by atoms with E-state index in [-0.39, 0.29) is 0 Å². The zero-order chi connectivity index (χ0) is 38.7. The minimum absolute atomic E-state index is 0.305. The molecule has 1 aliphatic heterocycles. The number of hydrogen-bond acceptors (Lipinski definition) is 7. The third kappa shape index (κ3) is 4.14. The second kappa shape index (κ2) is 11.7.